The van der Waals surface area contributed by atoms with Gasteiger partial charge in [-0.25, -0.2) is 0 Å². The van der Waals surface area contributed by atoms with Gasteiger partial charge in [0.15, 0.2) is 0 Å². The summed E-state index contributed by atoms with van der Waals surface area (Å²) in [5, 5.41) is 3.29. The topological polar surface area (TPSA) is 52.7 Å². The van der Waals surface area contributed by atoms with Gasteiger partial charge in [-0.2, -0.15) is 0 Å². The number of rotatable bonds is 4. The number of hydrogen-bond donors (Lipinski definition) is 1. The van der Waals surface area contributed by atoms with E-state index in [9.17, 15) is 9.59 Å². The minimum Gasteiger partial charge on any atom is -0.378 e. The molecule has 3 saturated carbocycles. The fourth-order valence-electron chi connectivity index (χ4n) is 6.06. The summed E-state index contributed by atoms with van der Waals surface area (Å²) >= 11 is 0. The minimum atomic E-state index is 0.0958. The van der Waals surface area contributed by atoms with Gasteiger partial charge in [0.1, 0.15) is 0 Å². The van der Waals surface area contributed by atoms with E-state index in [1.807, 2.05) is 48.2 Å². The second kappa shape index (κ2) is 5.98. The third-order valence-electron chi connectivity index (χ3n) is 8.13. The number of carbonyl (C=O) groups excluding carboxylic acids is 2. The smallest absolute Gasteiger partial charge is 0.254 e. The molecule has 1 N–H and O–H groups in total. The van der Waals surface area contributed by atoms with E-state index in [-0.39, 0.29) is 29.8 Å². The van der Waals surface area contributed by atoms with Gasteiger partial charge in [-0.3, -0.25) is 9.59 Å². The summed E-state index contributed by atoms with van der Waals surface area (Å²) in [5.41, 5.74) is 2.28. The lowest BCUT2D eigenvalue weighted by Crippen LogP contribution is -2.40. The highest BCUT2D eigenvalue weighted by molar-refractivity contribution is 5.95. The summed E-state index contributed by atoms with van der Waals surface area (Å²) in [7, 11) is 3.99. The summed E-state index contributed by atoms with van der Waals surface area (Å²) in [6.45, 7) is 5.46. The van der Waals surface area contributed by atoms with Gasteiger partial charge in [-0.1, -0.05) is 13.8 Å². The molecular weight excluding hydrogens is 350 g/mol. The molecule has 1 saturated heterocycles. The third-order valence-corrected chi connectivity index (χ3v) is 8.13. The van der Waals surface area contributed by atoms with Crippen molar-refractivity contribution in [3.05, 3.63) is 29.8 Å². The molecule has 1 heterocycles. The first kappa shape index (κ1) is 18.0. The predicted molar refractivity (Wildman–Crippen MR) is 109 cm³/mol. The number of nitrogens with one attached hydrogen (secondary N) is 1. The van der Waals surface area contributed by atoms with Gasteiger partial charge in [0.2, 0.25) is 5.91 Å². The first-order valence-electron chi connectivity index (χ1n) is 10.7. The number of benzene rings is 1. The van der Waals surface area contributed by atoms with Crippen molar-refractivity contribution < 1.29 is 9.59 Å². The van der Waals surface area contributed by atoms with Gasteiger partial charge in [-0.05, 0) is 60.8 Å². The van der Waals surface area contributed by atoms with Crippen molar-refractivity contribution in [3.63, 3.8) is 0 Å². The van der Waals surface area contributed by atoms with Crippen molar-refractivity contribution in [2.24, 2.45) is 29.1 Å². The Morgan fingerprint density at radius 2 is 1.75 bits per heavy atom. The van der Waals surface area contributed by atoms with Crippen LogP contribution in [0.25, 0.3) is 0 Å². The molecule has 150 valence electrons. The highest BCUT2D eigenvalue weighted by atomic mass is 16.2. The lowest BCUT2D eigenvalue weighted by Gasteiger charge is -2.22. The number of hydrogen-bond acceptors (Lipinski definition) is 3. The molecule has 0 bridgehead atoms. The summed E-state index contributed by atoms with van der Waals surface area (Å²) < 4.78 is 0. The standard InChI is InChI=1S/C23H31N3O2/c1-23(2)17-11-14(12-18(17)23)21(27)24-19-16-9-10-26(20(16)19)22(28)13-5-7-15(8-6-13)25(3)4/h5-8,14,16-20H,9-12H2,1-4H3,(H,24,27)/t14?,16-,17-,18+,19-,20-/m1/s1. The second-order valence-corrected chi connectivity index (χ2v) is 10.1. The molecule has 5 rings (SSSR count). The van der Waals surface area contributed by atoms with Crippen molar-refractivity contribution >= 4 is 17.5 Å². The van der Waals surface area contributed by atoms with E-state index in [0.29, 0.717) is 11.3 Å². The summed E-state index contributed by atoms with van der Waals surface area (Å²) in [6, 6.07) is 8.15. The summed E-state index contributed by atoms with van der Waals surface area (Å²) in [5.74, 6) is 2.44. The number of carbonyl (C=O) groups is 2. The molecule has 4 aliphatic rings. The SMILES string of the molecule is CN(C)c1ccc(C(=O)N2CC[C@@H]3[C@@H](NC(=O)C4C[C@@H]5[C@H](C4)C5(C)C)[C@@H]32)cc1. The van der Waals surface area contributed by atoms with Gasteiger partial charge in [-0.15, -0.1) is 0 Å². The Balaban J connectivity index is 1.18. The number of nitrogens with zero attached hydrogens (tertiary/aromatic N) is 2. The zero-order chi connectivity index (χ0) is 19.8. The largest absolute Gasteiger partial charge is 0.378 e. The van der Waals surface area contributed by atoms with Gasteiger partial charge in [0.25, 0.3) is 5.91 Å². The first-order valence-corrected chi connectivity index (χ1v) is 10.7. The minimum absolute atomic E-state index is 0.0958. The Morgan fingerprint density at radius 3 is 2.36 bits per heavy atom. The lowest BCUT2D eigenvalue weighted by atomic mass is 9.92. The van der Waals surface area contributed by atoms with E-state index in [4.69, 9.17) is 0 Å². The molecule has 0 radical (unpaired) electrons. The zero-order valence-electron chi connectivity index (χ0n) is 17.3. The van der Waals surface area contributed by atoms with Crippen LogP contribution in [0.1, 0.15) is 43.5 Å². The molecule has 28 heavy (non-hydrogen) atoms. The zero-order valence-corrected chi connectivity index (χ0v) is 17.3. The van der Waals surface area contributed by atoms with E-state index >= 15 is 0 Å². The predicted octanol–water partition coefficient (Wildman–Crippen LogP) is 2.76. The summed E-state index contributed by atoms with van der Waals surface area (Å²) in [6.07, 6.45) is 3.10. The molecule has 4 fully saturated rings. The maximum atomic E-state index is 13.0. The van der Waals surface area contributed by atoms with Crippen LogP contribution in [0.5, 0.6) is 0 Å². The van der Waals surface area contributed by atoms with Crippen LogP contribution in [-0.2, 0) is 4.79 Å². The first-order chi connectivity index (χ1) is 13.3. The summed E-state index contributed by atoms with van der Waals surface area (Å²) in [4.78, 5) is 29.7. The molecule has 1 unspecified atom stereocenters. The fraction of sp³-hybridized carbons (Fsp3) is 0.652. The Hall–Kier alpha value is -2.04. The van der Waals surface area contributed by atoms with Crippen molar-refractivity contribution in [2.45, 2.75) is 45.2 Å². The lowest BCUT2D eigenvalue weighted by molar-refractivity contribution is -0.125. The van der Waals surface area contributed by atoms with Crippen molar-refractivity contribution in [3.8, 4) is 0 Å². The van der Waals surface area contributed by atoms with Crippen molar-refractivity contribution in [1.82, 2.24) is 10.2 Å². The number of piperidine rings is 1. The van der Waals surface area contributed by atoms with Gasteiger partial charge in [0, 0.05) is 43.7 Å². The van der Waals surface area contributed by atoms with Crippen LogP contribution in [0.2, 0.25) is 0 Å². The molecule has 3 aliphatic carbocycles. The fourth-order valence-corrected chi connectivity index (χ4v) is 6.06. The highest BCUT2D eigenvalue weighted by Gasteiger charge is 2.64. The van der Waals surface area contributed by atoms with E-state index in [2.05, 4.69) is 19.2 Å². The maximum Gasteiger partial charge on any atom is 0.254 e. The average molecular weight is 382 g/mol. The Bertz CT molecular complexity index is 802. The Morgan fingerprint density at radius 1 is 1.11 bits per heavy atom. The Kier molecular flexibility index (Phi) is 3.85. The van der Waals surface area contributed by atoms with Crippen LogP contribution in [0.4, 0.5) is 5.69 Å². The number of fused-ring (bicyclic) bond motifs is 2. The monoisotopic (exact) mass is 381 g/mol. The molecule has 0 spiro atoms. The molecule has 0 aromatic heterocycles. The van der Waals surface area contributed by atoms with Crippen LogP contribution in [0, 0.1) is 29.1 Å². The van der Waals surface area contributed by atoms with Crippen LogP contribution in [0.15, 0.2) is 24.3 Å². The molecule has 5 heteroatoms. The van der Waals surface area contributed by atoms with Crippen LogP contribution in [0.3, 0.4) is 0 Å². The normalized spacial score (nSPS) is 36.5. The van der Waals surface area contributed by atoms with Crippen molar-refractivity contribution in [2.75, 3.05) is 25.5 Å². The molecule has 6 atom stereocenters. The number of anilines is 1. The number of amides is 2. The number of likely N-dealkylation sites (tertiary alicyclic amines) is 1. The van der Waals surface area contributed by atoms with E-state index in [1.165, 1.54) is 0 Å². The van der Waals surface area contributed by atoms with E-state index in [0.717, 1.165) is 48.9 Å². The molecule has 1 aliphatic heterocycles. The quantitative estimate of drug-likeness (QED) is 0.873. The third kappa shape index (κ3) is 2.66. The van der Waals surface area contributed by atoms with Gasteiger partial charge in [0.05, 0.1) is 12.1 Å². The highest BCUT2D eigenvalue weighted by Crippen LogP contribution is 2.68. The van der Waals surface area contributed by atoms with E-state index in [1.54, 1.807) is 0 Å². The van der Waals surface area contributed by atoms with Crippen LogP contribution >= 0.6 is 0 Å². The maximum absolute atomic E-state index is 13.0. The van der Waals surface area contributed by atoms with Crippen molar-refractivity contribution in [1.29, 1.82) is 0 Å². The van der Waals surface area contributed by atoms with Crippen LogP contribution < -0.4 is 10.2 Å². The van der Waals surface area contributed by atoms with Gasteiger partial charge < -0.3 is 15.1 Å². The molecule has 1 aromatic rings. The molecule has 5 nitrogen and oxygen atoms in total. The van der Waals surface area contributed by atoms with E-state index < -0.39 is 0 Å². The molecule has 1 aromatic carbocycles. The second-order valence-electron chi connectivity index (χ2n) is 10.1. The van der Waals surface area contributed by atoms with Crippen LogP contribution in [-0.4, -0.2) is 49.4 Å². The molecule has 2 amide bonds. The van der Waals surface area contributed by atoms with Gasteiger partial charge >= 0.3 is 0 Å². The Labute approximate surface area is 167 Å². The average Bonchev–Trinajstić information content (AvgIpc) is 3.23. The molecular formula is C23H31N3O2.